The third-order valence-corrected chi connectivity index (χ3v) is 6.63. The van der Waals surface area contributed by atoms with Crippen LogP contribution in [0, 0.1) is 23.2 Å². The van der Waals surface area contributed by atoms with Crippen molar-refractivity contribution in [2.75, 3.05) is 13.1 Å². The number of hydrogen-bond donors (Lipinski definition) is 2. The van der Waals surface area contributed by atoms with Crippen LogP contribution in [0.5, 0.6) is 0 Å². The van der Waals surface area contributed by atoms with Crippen molar-refractivity contribution < 1.29 is 14.2 Å². The summed E-state index contributed by atoms with van der Waals surface area (Å²) in [5.74, 6) is 0.454. The van der Waals surface area contributed by atoms with E-state index in [1.165, 1.54) is 0 Å². The second-order valence-electron chi connectivity index (χ2n) is 8.97. The summed E-state index contributed by atoms with van der Waals surface area (Å²) < 4.78 is 1.98. The van der Waals surface area contributed by atoms with Crippen LogP contribution in [-0.2, 0) is 11.8 Å². The fraction of sp³-hybridized carbons (Fsp3) is 0.591. The van der Waals surface area contributed by atoms with Crippen LogP contribution < -0.4 is 9.88 Å². The molecule has 2 N–H and O–H groups in total. The van der Waals surface area contributed by atoms with Crippen LogP contribution in [0.15, 0.2) is 12.4 Å². The van der Waals surface area contributed by atoms with Gasteiger partial charge in [-0.2, -0.15) is 5.26 Å². The summed E-state index contributed by atoms with van der Waals surface area (Å²) in [6.45, 7) is 1.18. The van der Waals surface area contributed by atoms with Gasteiger partial charge in [-0.15, -0.1) is 0 Å². The lowest BCUT2D eigenvalue weighted by Crippen LogP contribution is -2.51. The Morgan fingerprint density at radius 1 is 1.27 bits per heavy atom. The first kappa shape index (κ1) is 19.0. The lowest BCUT2D eigenvalue weighted by atomic mass is 9.97. The molecule has 8 heteroatoms. The lowest BCUT2D eigenvalue weighted by molar-refractivity contribution is -0.647. The van der Waals surface area contributed by atoms with Gasteiger partial charge in [-0.25, -0.2) is 14.5 Å². The summed E-state index contributed by atoms with van der Waals surface area (Å²) in [6, 6.07) is 1.80. The van der Waals surface area contributed by atoms with Crippen molar-refractivity contribution >= 4 is 23.0 Å². The zero-order chi connectivity index (χ0) is 20.8. The number of rotatable bonds is 5. The Morgan fingerprint density at radius 2 is 2.00 bits per heavy atom. The van der Waals surface area contributed by atoms with E-state index in [-0.39, 0.29) is 23.7 Å². The number of fused-ring (bicyclic) bond motifs is 1. The van der Waals surface area contributed by atoms with Crippen LogP contribution in [0.4, 0.5) is 0 Å². The minimum absolute atomic E-state index is 0.0146. The first-order valence-electron chi connectivity index (χ1n) is 10.9. The molecule has 3 fully saturated rings. The number of carbonyl (C=O) groups excluding carboxylic acids is 2. The fourth-order valence-corrected chi connectivity index (χ4v) is 4.41. The van der Waals surface area contributed by atoms with Gasteiger partial charge in [-0.05, 0) is 44.4 Å². The molecule has 2 aliphatic carbocycles. The van der Waals surface area contributed by atoms with Crippen LogP contribution in [-0.4, -0.2) is 45.8 Å². The summed E-state index contributed by atoms with van der Waals surface area (Å²) in [5.41, 5.74) is 2.98. The molecular weight excluding hydrogens is 380 g/mol. The monoisotopic (exact) mass is 407 g/mol. The number of aromatic nitrogens is 3. The van der Waals surface area contributed by atoms with Crippen molar-refractivity contribution in [3.05, 3.63) is 23.7 Å². The summed E-state index contributed by atoms with van der Waals surface area (Å²) in [5, 5.41) is 12.1. The molecule has 2 aromatic heterocycles. The molecule has 1 unspecified atom stereocenters. The van der Waals surface area contributed by atoms with Crippen LogP contribution in [0.2, 0.25) is 0 Å². The van der Waals surface area contributed by atoms with Gasteiger partial charge in [0.2, 0.25) is 5.91 Å². The van der Waals surface area contributed by atoms with E-state index in [9.17, 15) is 9.59 Å². The predicted octanol–water partition coefficient (Wildman–Crippen LogP) is 1.54. The maximum atomic E-state index is 13.2. The molecule has 5 rings (SSSR count). The number of likely N-dealkylation sites (tertiary alicyclic amines) is 1. The third kappa shape index (κ3) is 3.53. The quantitative estimate of drug-likeness (QED) is 0.733. The number of H-pyrrole nitrogens is 1. The molecule has 156 valence electrons. The van der Waals surface area contributed by atoms with E-state index < -0.39 is 6.04 Å². The van der Waals surface area contributed by atoms with E-state index in [0.717, 1.165) is 37.0 Å². The predicted molar refractivity (Wildman–Crippen MR) is 108 cm³/mol. The van der Waals surface area contributed by atoms with Gasteiger partial charge in [-0.3, -0.25) is 9.59 Å². The minimum Gasteiger partial charge on any atom is -0.341 e. The number of aryl methyl sites for hydroxylation is 1. The number of aromatic amines is 1. The Hall–Kier alpha value is -2.95. The normalized spacial score (nSPS) is 20.7. The Kier molecular flexibility index (Phi) is 4.69. The molecule has 2 aromatic rings. The average Bonchev–Trinajstić information content (AvgIpc) is 3.68. The van der Waals surface area contributed by atoms with Crippen LogP contribution in [0.3, 0.4) is 0 Å². The van der Waals surface area contributed by atoms with Gasteiger partial charge in [0, 0.05) is 24.9 Å². The highest BCUT2D eigenvalue weighted by Crippen LogP contribution is 2.39. The number of nitriles is 1. The Bertz CT molecular complexity index is 1040. The summed E-state index contributed by atoms with van der Waals surface area (Å²) in [6.07, 6.45) is 9.34. The topological polar surface area (TPSA) is 106 Å². The molecule has 1 atom stereocenters. The van der Waals surface area contributed by atoms with Crippen LogP contribution in [0.1, 0.15) is 60.5 Å². The highest BCUT2D eigenvalue weighted by molar-refractivity contribution is 6.05. The van der Waals surface area contributed by atoms with Gasteiger partial charge in [-0.1, -0.05) is 0 Å². The fourth-order valence-electron chi connectivity index (χ4n) is 4.41. The average molecular weight is 407 g/mol. The maximum absolute atomic E-state index is 13.2. The SMILES string of the molecule is C[n+]1cc(C2CC2)nc2c(C(=O)NC(C(=O)N3CCC(C#N)CC3)C3CC3)c[nH]c21. The molecule has 2 amide bonds. The van der Waals surface area contributed by atoms with Crippen molar-refractivity contribution in [1.29, 1.82) is 5.26 Å². The molecule has 8 nitrogen and oxygen atoms in total. The molecule has 30 heavy (non-hydrogen) atoms. The highest BCUT2D eigenvalue weighted by atomic mass is 16.2. The molecule has 0 radical (unpaired) electrons. The molecule has 1 saturated heterocycles. The van der Waals surface area contributed by atoms with Gasteiger partial charge >= 0.3 is 5.65 Å². The maximum Gasteiger partial charge on any atom is 0.306 e. The Balaban J connectivity index is 1.35. The van der Waals surface area contributed by atoms with Gasteiger partial charge < -0.3 is 10.2 Å². The number of nitrogens with zero attached hydrogens (tertiary/aromatic N) is 4. The first-order valence-corrected chi connectivity index (χ1v) is 10.9. The van der Waals surface area contributed by atoms with Crippen molar-refractivity contribution in [1.82, 2.24) is 20.2 Å². The van der Waals surface area contributed by atoms with Crippen molar-refractivity contribution in [3.63, 3.8) is 0 Å². The molecule has 1 aliphatic heterocycles. The van der Waals surface area contributed by atoms with Gasteiger partial charge in [0.1, 0.15) is 24.0 Å². The molecule has 3 heterocycles. The minimum atomic E-state index is -0.499. The smallest absolute Gasteiger partial charge is 0.306 e. The van der Waals surface area contributed by atoms with Gasteiger partial charge in [0.05, 0.1) is 18.8 Å². The number of amides is 2. The molecule has 3 aliphatic rings. The number of carbonyl (C=O) groups is 2. The standard InChI is InChI=1S/C22H26N6O2/c1-27-12-17(14-2-3-14)25-19-16(11-24-20(19)27)21(29)26-18(15-4-5-15)22(30)28-8-6-13(10-23)7-9-28/h11-15,18H,2-9H2,1H3,(H,26,29)/p+1. The second-order valence-corrected chi connectivity index (χ2v) is 8.97. The zero-order valence-corrected chi connectivity index (χ0v) is 17.2. The molecule has 2 saturated carbocycles. The van der Waals surface area contributed by atoms with E-state index in [4.69, 9.17) is 10.2 Å². The van der Waals surface area contributed by atoms with Crippen molar-refractivity contribution in [3.8, 4) is 6.07 Å². The van der Waals surface area contributed by atoms with Gasteiger partial charge in [0.25, 0.3) is 5.91 Å². The first-order chi connectivity index (χ1) is 14.5. The van der Waals surface area contributed by atoms with E-state index in [1.54, 1.807) is 6.20 Å². The second kappa shape index (κ2) is 7.38. The molecule has 0 spiro atoms. The third-order valence-electron chi connectivity index (χ3n) is 6.63. The lowest BCUT2D eigenvalue weighted by Gasteiger charge is -2.32. The molecular formula is C22H27N6O2+. The molecule has 0 bridgehead atoms. The van der Waals surface area contributed by atoms with Crippen molar-refractivity contribution in [2.45, 2.75) is 50.5 Å². The Labute approximate surface area is 175 Å². The van der Waals surface area contributed by atoms with Crippen LogP contribution in [0.25, 0.3) is 11.2 Å². The number of hydrogen-bond acceptors (Lipinski definition) is 4. The van der Waals surface area contributed by atoms with E-state index in [0.29, 0.717) is 42.9 Å². The molecule has 0 aromatic carbocycles. The zero-order valence-electron chi connectivity index (χ0n) is 17.2. The van der Waals surface area contributed by atoms with Crippen LogP contribution >= 0.6 is 0 Å². The number of piperidine rings is 1. The summed E-state index contributed by atoms with van der Waals surface area (Å²) in [7, 11) is 1.95. The van der Waals surface area contributed by atoms with Crippen molar-refractivity contribution in [2.24, 2.45) is 18.9 Å². The largest absolute Gasteiger partial charge is 0.341 e. The number of nitrogens with one attached hydrogen (secondary N) is 2. The summed E-state index contributed by atoms with van der Waals surface area (Å²) >= 11 is 0. The highest BCUT2D eigenvalue weighted by Gasteiger charge is 2.41. The van der Waals surface area contributed by atoms with E-state index >= 15 is 0 Å². The van der Waals surface area contributed by atoms with E-state index in [1.807, 2.05) is 22.7 Å². The van der Waals surface area contributed by atoms with E-state index in [2.05, 4.69) is 16.4 Å². The van der Waals surface area contributed by atoms with Gasteiger partial charge in [0.15, 0.2) is 5.52 Å². The summed E-state index contributed by atoms with van der Waals surface area (Å²) in [4.78, 5) is 36.0. The Morgan fingerprint density at radius 3 is 2.63 bits per heavy atom.